The van der Waals surface area contributed by atoms with Gasteiger partial charge in [0.15, 0.2) is 6.10 Å². The van der Waals surface area contributed by atoms with Gasteiger partial charge in [-0.3, -0.25) is 9.59 Å². The standard InChI is InChI=1S/C17H24N2O4/c1-17(2,22)8-7-12-3-5-13(6-4-12)16(21)19-9-10-23-14(11-19)15(18)20/h3-6,14,22H,7-11H2,1-2H3,(H2,18,20)/t14-/m0/s1. The number of benzene rings is 1. The van der Waals surface area contributed by atoms with Gasteiger partial charge in [0.1, 0.15) is 0 Å². The highest BCUT2D eigenvalue weighted by molar-refractivity contribution is 5.94. The molecular formula is C17H24N2O4. The van der Waals surface area contributed by atoms with Gasteiger partial charge in [-0.2, -0.15) is 0 Å². The van der Waals surface area contributed by atoms with E-state index in [1.807, 2.05) is 12.1 Å². The molecule has 2 amide bonds. The summed E-state index contributed by atoms with van der Waals surface area (Å²) in [6.45, 7) is 4.50. The van der Waals surface area contributed by atoms with Crippen LogP contribution in [0.4, 0.5) is 0 Å². The molecule has 1 aliphatic rings. The summed E-state index contributed by atoms with van der Waals surface area (Å²) >= 11 is 0. The molecule has 6 heteroatoms. The molecule has 1 fully saturated rings. The van der Waals surface area contributed by atoms with Crippen LogP contribution in [-0.4, -0.2) is 53.2 Å². The normalized spacial score (nSPS) is 18.7. The van der Waals surface area contributed by atoms with Gasteiger partial charge in [-0.15, -0.1) is 0 Å². The quantitative estimate of drug-likeness (QED) is 0.836. The number of morpholine rings is 1. The zero-order valence-corrected chi connectivity index (χ0v) is 13.6. The van der Waals surface area contributed by atoms with Crippen LogP contribution >= 0.6 is 0 Å². The number of hydrogen-bond acceptors (Lipinski definition) is 4. The number of amides is 2. The molecule has 1 aromatic rings. The summed E-state index contributed by atoms with van der Waals surface area (Å²) in [5.74, 6) is -0.682. The molecule has 2 rings (SSSR count). The van der Waals surface area contributed by atoms with Crippen LogP contribution in [0, 0.1) is 0 Å². The number of carbonyl (C=O) groups is 2. The van der Waals surface area contributed by atoms with Crippen LogP contribution in [0.15, 0.2) is 24.3 Å². The predicted molar refractivity (Wildman–Crippen MR) is 85.9 cm³/mol. The highest BCUT2D eigenvalue weighted by atomic mass is 16.5. The lowest BCUT2D eigenvalue weighted by molar-refractivity contribution is -0.133. The first-order chi connectivity index (χ1) is 10.8. The maximum absolute atomic E-state index is 12.5. The third-order valence-corrected chi connectivity index (χ3v) is 3.90. The minimum atomic E-state index is -0.737. The van der Waals surface area contributed by atoms with E-state index < -0.39 is 17.6 Å². The first-order valence-corrected chi connectivity index (χ1v) is 7.78. The van der Waals surface area contributed by atoms with E-state index >= 15 is 0 Å². The highest BCUT2D eigenvalue weighted by Gasteiger charge is 2.28. The van der Waals surface area contributed by atoms with E-state index in [1.54, 1.807) is 30.9 Å². The Morgan fingerprint density at radius 3 is 2.57 bits per heavy atom. The van der Waals surface area contributed by atoms with Crippen molar-refractivity contribution in [2.24, 2.45) is 5.73 Å². The Morgan fingerprint density at radius 1 is 1.35 bits per heavy atom. The highest BCUT2D eigenvalue weighted by Crippen LogP contribution is 2.15. The molecule has 0 saturated carbocycles. The van der Waals surface area contributed by atoms with E-state index in [-0.39, 0.29) is 12.5 Å². The molecule has 6 nitrogen and oxygen atoms in total. The summed E-state index contributed by atoms with van der Waals surface area (Å²) in [6.07, 6.45) is 0.669. The summed E-state index contributed by atoms with van der Waals surface area (Å²) in [5.41, 5.74) is 6.17. The third-order valence-electron chi connectivity index (χ3n) is 3.90. The second-order valence-electron chi connectivity index (χ2n) is 6.52. The van der Waals surface area contributed by atoms with Crippen molar-refractivity contribution in [3.63, 3.8) is 0 Å². The van der Waals surface area contributed by atoms with E-state index in [4.69, 9.17) is 10.5 Å². The fourth-order valence-corrected chi connectivity index (χ4v) is 2.45. The van der Waals surface area contributed by atoms with Crippen molar-refractivity contribution in [3.8, 4) is 0 Å². The first kappa shape index (κ1) is 17.4. The average Bonchev–Trinajstić information content (AvgIpc) is 2.52. The molecule has 3 N–H and O–H groups in total. The molecular weight excluding hydrogens is 296 g/mol. The molecule has 0 aromatic heterocycles. The molecule has 1 heterocycles. The summed E-state index contributed by atoms with van der Waals surface area (Å²) in [6, 6.07) is 7.34. The summed E-state index contributed by atoms with van der Waals surface area (Å²) in [4.78, 5) is 25.3. The molecule has 0 bridgehead atoms. The lowest BCUT2D eigenvalue weighted by Gasteiger charge is -2.31. The number of carbonyl (C=O) groups excluding carboxylic acids is 2. The van der Waals surface area contributed by atoms with Crippen LogP contribution in [0.5, 0.6) is 0 Å². The van der Waals surface area contributed by atoms with Crippen LogP contribution in [0.3, 0.4) is 0 Å². The summed E-state index contributed by atoms with van der Waals surface area (Å²) < 4.78 is 5.25. The number of hydrogen-bond donors (Lipinski definition) is 2. The van der Waals surface area contributed by atoms with Gasteiger partial charge < -0.3 is 20.5 Å². The zero-order valence-electron chi connectivity index (χ0n) is 13.6. The Labute approximate surface area is 136 Å². The van der Waals surface area contributed by atoms with Gasteiger partial charge in [-0.05, 0) is 44.4 Å². The largest absolute Gasteiger partial charge is 0.390 e. The summed E-state index contributed by atoms with van der Waals surface area (Å²) in [7, 11) is 0. The van der Waals surface area contributed by atoms with Crippen molar-refractivity contribution in [2.45, 2.75) is 38.4 Å². The molecule has 0 unspecified atom stereocenters. The SMILES string of the molecule is CC(C)(O)CCc1ccc(C(=O)N2CCO[C@H](C(N)=O)C2)cc1. The topological polar surface area (TPSA) is 92.9 Å². The van der Waals surface area contributed by atoms with Crippen LogP contribution in [0.2, 0.25) is 0 Å². The molecule has 1 saturated heterocycles. The van der Waals surface area contributed by atoms with Crippen LogP contribution < -0.4 is 5.73 Å². The van der Waals surface area contributed by atoms with E-state index in [1.165, 1.54) is 0 Å². The first-order valence-electron chi connectivity index (χ1n) is 7.78. The molecule has 126 valence electrons. The predicted octanol–water partition coefficient (Wildman–Crippen LogP) is 0.716. The molecule has 1 atom stereocenters. The number of ether oxygens (including phenoxy) is 1. The van der Waals surface area contributed by atoms with E-state index in [2.05, 4.69) is 0 Å². The maximum atomic E-state index is 12.5. The number of nitrogens with two attached hydrogens (primary N) is 1. The Morgan fingerprint density at radius 2 is 2.00 bits per heavy atom. The molecule has 0 aliphatic carbocycles. The lowest BCUT2D eigenvalue weighted by atomic mass is 9.98. The van der Waals surface area contributed by atoms with Crippen molar-refractivity contribution < 1.29 is 19.4 Å². The monoisotopic (exact) mass is 320 g/mol. The Kier molecular flexibility index (Phi) is 5.38. The molecule has 1 aromatic carbocycles. The fraction of sp³-hybridized carbons (Fsp3) is 0.529. The van der Waals surface area contributed by atoms with Crippen LogP contribution in [-0.2, 0) is 16.0 Å². The number of primary amides is 1. The van der Waals surface area contributed by atoms with Crippen molar-refractivity contribution in [1.82, 2.24) is 4.90 Å². The van der Waals surface area contributed by atoms with Gasteiger partial charge in [-0.1, -0.05) is 12.1 Å². The van der Waals surface area contributed by atoms with E-state index in [9.17, 15) is 14.7 Å². The lowest BCUT2D eigenvalue weighted by Crippen LogP contribution is -2.50. The Hall–Kier alpha value is -1.92. The Bertz CT molecular complexity index is 563. The van der Waals surface area contributed by atoms with E-state index in [0.29, 0.717) is 25.1 Å². The van der Waals surface area contributed by atoms with Crippen LogP contribution in [0.1, 0.15) is 36.2 Å². The summed E-state index contributed by atoms with van der Waals surface area (Å²) in [5, 5.41) is 9.75. The fourth-order valence-electron chi connectivity index (χ4n) is 2.45. The minimum absolute atomic E-state index is 0.131. The second kappa shape index (κ2) is 7.10. The van der Waals surface area contributed by atoms with Gasteiger partial charge in [0.2, 0.25) is 5.91 Å². The number of aryl methyl sites for hydroxylation is 1. The van der Waals surface area contributed by atoms with Crippen molar-refractivity contribution >= 4 is 11.8 Å². The van der Waals surface area contributed by atoms with Crippen molar-refractivity contribution in [3.05, 3.63) is 35.4 Å². The number of aliphatic hydroxyl groups is 1. The van der Waals surface area contributed by atoms with Gasteiger partial charge in [0.25, 0.3) is 5.91 Å². The zero-order chi connectivity index (χ0) is 17.0. The number of rotatable bonds is 5. The minimum Gasteiger partial charge on any atom is -0.390 e. The van der Waals surface area contributed by atoms with Crippen LogP contribution in [0.25, 0.3) is 0 Å². The van der Waals surface area contributed by atoms with Crippen molar-refractivity contribution in [2.75, 3.05) is 19.7 Å². The molecule has 0 spiro atoms. The van der Waals surface area contributed by atoms with E-state index in [0.717, 1.165) is 12.0 Å². The Balaban J connectivity index is 1.98. The van der Waals surface area contributed by atoms with Gasteiger partial charge in [0.05, 0.1) is 18.8 Å². The van der Waals surface area contributed by atoms with Crippen molar-refractivity contribution in [1.29, 1.82) is 0 Å². The number of nitrogens with zero attached hydrogens (tertiary/aromatic N) is 1. The average molecular weight is 320 g/mol. The third kappa shape index (κ3) is 5.04. The molecule has 0 radical (unpaired) electrons. The van der Waals surface area contributed by atoms with Gasteiger partial charge in [0, 0.05) is 12.1 Å². The van der Waals surface area contributed by atoms with Gasteiger partial charge >= 0.3 is 0 Å². The second-order valence-corrected chi connectivity index (χ2v) is 6.52. The maximum Gasteiger partial charge on any atom is 0.254 e. The smallest absolute Gasteiger partial charge is 0.254 e. The molecule has 1 aliphatic heterocycles. The van der Waals surface area contributed by atoms with Gasteiger partial charge in [-0.25, -0.2) is 0 Å². The molecule has 23 heavy (non-hydrogen) atoms.